The second-order valence-electron chi connectivity index (χ2n) is 7.72. The number of benzene rings is 2. The van der Waals surface area contributed by atoms with Gasteiger partial charge in [-0.25, -0.2) is 8.78 Å². The molecular formula is C24H21F7O2. The van der Waals surface area contributed by atoms with Crippen molar-refractivity contribution >= 4 is 0 Å². The first-order valence-corrected chi connectivity index (χ1v) is 10.3. The summed E-state index contributed by atoms with van der Waals surface area (Å²) in [4.78, 5) is 0. The molecule has 1 aliphatic rings. The topological polar surface area (TPSA) is 18.5 Å². The van der Waals surface area contributed by atoms with E-state index in [1.807, 2.05) is 19.1 Å². The summed E-state index contributed by atoms with van der Waals surface area (Å²) in [5.74, 6) is -4.12. The highest BCUT2D eigenvalue weighted by molar-refractivity contribution is 5.66. The smallest absolute Gasteiger partial charge is 0.400 e. The van der Waals surface area contributed by atoms with E-state index in [0.717, 1.165) is 36.4 Å². The Morgan fingerprint density at radius 3 is 2.21 bits per heavy atom. The average molecular weight is 474 g/mol. The summed E-state index contributed by atoms with van der Waals surface area (Å²) >= 11 is 0. The first-order chi connectivity index (χ1) is 15.6. The molecule has 0 spiro atoms. The molecule has 0 N–H and O–H groups in total. The van der Waals surface area contributed by atoms with Crippen molar-refractivity contribution in [3.05, 3.63) is 72.3 Å². The molecule has 2 aromatic rings. The van der Waals surface area contributed by atoms with Gasteiger partial charge in [0, 0.05) is 11.6 Å². The molecule has 33 heavy (non-hydrogen) atoms. The standard InChI is InChI=1S/C24H21F7O2/c1-2-3-14-4-7-16(8-5-14)24(30,31)33-17-9-10-18(19(25)13-17)15-6-11-21(20(26)12-15)32-23(29)22(27)28/h2-3,6,9-14,16H,4-5,7-8H2,1H3/b3-2+. The third kappa shape index (κ3) is 6.09. The van der Waals surface area contributed by atoms with Gasteiger partial charge >= 0.3 is 18.2 Å². The van der Waals surface area contributed by atoms with Crippen LogP contribution in [-0.2, 0) is 0 Å². The van der Waals surface area contributed by atoms with E-state index in [9.17, 15) is 30.7 Å². The van der Waals surface area contributed by atoms with Gasteiger partial charge < -0.3 is 9.47 Å². The van der Waals surface area contributed by atoms with Gasteiger partial charge in [-0.2, -0.15) is 22.0 Å². The van der Waals surface area contributed by atoms with E-state index in [1.165, 1.54) is 0 Å². The van der Waals surface area contributed by atoms with Crippen LogP contribution in [0.5, 0.6) is 11.5 Å². The molecule has 0 radical (unpaired) electrons. The van der Waals surface area contributed by atoms with Gasteiger partial charge in [-0.3, -0.25) is 0 Å². The summed E-state index contributed by atoms with van der Waals surface area (Å²) in [5, 5.41) is 0. The molecule has 0 heterocycles. The Labute approximate surface area is 186 Å². The predicted molar refractivity (Wildman–Crippen MR) is 109 cm³/mol. The fraction of sp³-hybridized carbons (Fsp3) is 0.333. The Hall–Kier alpha value is -2.97. The lowest BCUT2D eigenvalue weighted by atomic mass is 9.81. The zero-order valence-corrected chi connectivity index (χ0v) is 17.6. The number of ether oxygens (including phenoxy) is 2. The maximum atomic E-state index is 14.6. The maximum Gasteiger partial charge on any atom is 0.400 e. The number of allylic oxidation sites excluding steroid dienone is 2. The molecule has 0 unspecified atom stereocenters. The molecule has 2 nitrogen and oxygen atoms in total. The highest BCUT2D eigenvalue weighted by Crippen LogP contribution is 2.41. The lowest BCUT2D eigenvalue weighted by molar-refractivity contribution is -0.223. The van der Waals surface area contributed by atoms with Crippen molar-refractivity contribution in [2.24, 2.45) is 11.8 Å². The van der Waals surface area contributed by atoms with Crippen molar-refractivity contribution in [3.63, 3.8) is 0 Å². The zero-order valence-electron chi connectivity index (χ0n) is 17.6. The highest BCUT2D eigenvalue weighted by Gasteiger charge is 2.43. The molecule has 1 aliphatic carbocycles. The zero-order chi connectivity index (χ0) is 24.2. The molecule has 3 rings (SSSR count). The van der Waals surface area contributed by atoms with Gasteiger partial charge in [0.2, 0.25) is 0 Å². The Morgan fingerprint density at radius 2 is 1.64 bits per heavy atom. The quantitative estimate of drug-likeness (QED) is 0.228. The molecule has 0 aliphatic heterocycles. The van der Waals surface area contributed by atoms with Gasteiger partial charge in [0.25, 0.3) is 0 Å². The number of alkyl halides is 2. The van der Waals surface area contributed by atoms with Gasteiger partial charge in [0.1, 0.15) is 11.6 Å². The van der Waals surface area contributed by atoms with Crippen LogP contribution in [0.4, 0.5) is 30.7 Å². The molecule has 0 amide bonds. The average Bonchev–Trinajstić information content (AvgIpc) is 2.75. The summed E-state index contributed by atoms with van der Waals surface area (Å²) in [6, 6.07) is 3.45. The Morgan fingerprint density at radius 1 is 0.939 bits per heavy atom. The van der Waals surface area contributed by atoms with Crippen LogP contribution in [0.1, 0.15) is 32.6 Å². The molecule has 0 bridgehead atoms. The van der Waals surface area contributed by atoms with Crippen LogP contribution in [0.3, 0.4) is 0 Å². The first-order valence-electron chi connectivity index (χ1n) is 10.3. The molecule has 2 aromatic carbocycles. The van der Waals surface area contributed by atoms with Gasteiger partial charge in [0.15, 0.2) is 11.6 Å². The van der Waals surface area contributed by atoms with Crippen molar-refractivity contribution in [1.82, 2.24) is 0 Å². The van der Waals surface area contributed by atoms with E-state index >= 15 is 0 Å². The number of rotatable bonds is 7. The van der Waals surface area contributed by atoms with Crippen LogP contribution >= 0.6 is 0 Å². The molecule has 9 heteroatoms. The minimum Gasteiger partial charge on any atom is -0.432 e. The first kappa shape index (κ1) is 24.7. The van der Waals surface area contributed by atoms with Crippen LogP contribution in [0.2, 0.25) is 0 Å². The summed E-state index contributed by atoms with van der Waals surface area (Å²) in [6.45, 7) is 1.88. The monoisotopic (exact) mass is 474 g/mol. The van der Waals surface area contributed by atoms with E-state index in [1.54, 1.807) is 0 Å². The van der Waals surface area contributed by atoms with E-state index in [-0.39, 0.29) is 35.6 Å². The second-order valence-corrected chi connectivity index (χ2v) is 7.72. The fourth-order valence-corrected chi connectivity index (χ4v) is 3.84. The Kier molecular flexibility index (Phi) is 7.71. The predicted octanol–water partition coefficient (Wildman–Crippen LogP) is 8.40. The Balaban J connectivity index is 1.72. The molecule has 178 valence electrons. The van der Waals surface area contributed by atoms with Crippen LogP contribution < -0.4 is 9.47 Å². The molecular weight excluding hydrogens is 453 g/mol. The van der Waals surface area contributed by atoms with Gasteiger partial charge in [-0.15, -0.1) is 0 Å². The summed E-state index contributed by atoms with van der Waals surface area (Å²) in [7, 11) is 0. The molecule has 0 atom stereocenters. The summed E-state index contributed by atoms with van der Waals surface area (Å²) in [5.41, 5.74) is -0.196. The van der Waals surface area contributed by atoms with Gasteiger partial charge in [-0.05, 0) is 68.4 Å². The second kappa shape index (κ2) is 10.3. The van der Waals surface area contributed by atoms with Crippen molar-refractivity contribution in [2.45, 2.75) is 38.7 Å². The lowest BCUT2D eigenvalue weighted by Gasteiger charge is -2.32. The van der Waals surface area contributed by atoms with Crippen molar-refractivity contribution in [3.8, 4) is 22.6 Å². The number of halogens is 7. The van der Waals surface area contributed by atoms with Gasteiger partial charge in [-0.1, -0.05) is 18.2 Å². The maximum absolute atomic E-state index is 14.6. The SMILES string of the molecule is C/C=C/C1CCC(C(F)(F)Oc2ccc(-c3ccc(OC(F)=C(F)F)c(F)c3)c(F)c2)CC1. The largest absolute Gasteiger partial charge is 0.432 e. The fourth-order valence-electron chi connectivity index (χ4n) is 3.84. The third-order valence-corrected chi connectivity index (χ3v) is 5.50. The van der Waals surface area contributed by atoms with Crippen LogP contribution in [-0.4, -0.2) is 6.11 Å². The number of hydrogen-bond donors (Lipinski definition) is 0. The summed E-state index contributed by atoms with van der Waals surface area (Å²) in [6.07, 6.45) is -0.566. The van der Waals surface area contributed by atoms with Crippen molar-refractivity contribution in [2.75, 3.05) is 0 Å². The lowest BCUT2D eigenvalue weighted by Crippen LogP contribution is -2.37. The van der Waals surface area contributed by atoms with Gasteiger partial charge in [0.05, 0.1) is 5.92 Å². The van der Waals surface area contributed by atoms with E-state index in [0.29, 0.717) is 12.8 Å². The van der Waals surface area contributed by atoms with E-state index in [4.69, 9.17) is 4.74 Å². The molecule has 1 saturated carbocycles. The summed E-state index contributed by atoms with van der Waals surface area (Å²) < 4.78 is 104. The molecule has 0 saturated heterocycles. The van der Waals surface area contributed by atoms with Crippen LogP contribution in [0.15, 0.2) is 60.6 Å². The minimum absolute atomic E-state index is 0.0388. The van der Waals surface area contributed by atoms with Crippen LogP contribution in [0, 0.1) is 23.5 Å². The third-order valence-electron chi connectivity index (χ3n) is 5.50. The minimum atomic E-state index is -3.48. The molecule has 0 aromatic heterocycles. The van der Waals surface area contributed by atoms with Crippen molar-refractivity contribution < 1.29 is 40.2 Å². The van der Waals surface area contributed by atoms with Crippen molar-refractivity contribution in [1.29, 1.82) is 0 Å². The highest BCUT2D eigenvalue weighted by atomic mass is 19.3. The van der Waals surface area contributed by atoms with Crippen LogP contribution in [0.25, 0.3) is 11.1 Å². The Bertz CT molecular complexity index is 1040. The normalized spacial score (nSPS) is 18.9. The van der Waals surface area contributed by atoms with E-state index in [2.05, 4.69) is 4.74 Å². The number of hydrogen-bond acceptors (Lipinski definition) is 2. The van der Waals surface area contributed by atoms with E-state index < -0.39 is 41.5 Å². The molecule has 1 fully saturated rings.